The minimum Gasteiger partial charge on any atom is -0.361 e. The Morgan fingerprint density at radius 3 is 2.55 bits per heavy atom. The van der Waals surface area contributed by atoms with Crippen LogP contribution in [0, 0.1) is 5.92 Å². The monoisotopic (exact) mass is 479 g/mol. The molecule has 0 amide bonds. The number of alkyl halides is 2. The molecular formula is C23H31F2N5O2S. The molecule has 1 aromatic heterocycles. The summed E-state index contributed by atoms with van der Waals surface area (Å²) in [5.74, 6) is -2.26. The van der Waals surface area contributed by atoms with Crippen molar-refractivity contribution >= 4 is 15.9 Å². The minimum absolute atomic E-state index is 0.0610. The van der Waals surface area contributed by atoms with E-state index >= 15 is 0 Å². The maximum atomic E-state index is 13.5. The average molecular weight is 480 g/mol. The fourth-order valence-corrected chi connectivity index (χ4v) is 7.12. The smallest absolute Gasteiger partial charge is 0.282 e. The number of nitrogens with zero attached hydrogens (tertiary/aromatic N) is 4. The summed E-state index contributed by atoms with van der Waals surface area (Å²) >= 11 is 0. The van der Waals surface area contributed by atoms with E-state index in [0.29, 0.717) is 12.5 Å². The molecule has 1 aliphatic carbocycles. The first-order valence-electron chi connectivity index (χ1n) is 11.8. The van der Waals surface area contributed by atoms with Gasteiger partial charge in [-0.05, 0) is 30.4 Å². The molecule has 2 aliphatic heterocycles. The number of anilines is 1. The van der Waals surface area contributed by atoms with Crippen molar-refractivity contribution < 1.29 is 17.2 Å². The van der Waals surface area contributed by atoms with Crippen LogP contribution in [0.4, 0.5) is 14.5 Å². The van der Waals surface area contributed by atoms with Crippen LogP contribution in [0.3, 0.4) is 0 Å². The average Bonchev–Trinajstić information content (AvgIpc) is 3.44. The van der Waals surface area contributed by atoms with Crippen molar-refractivity contribution in [2.75, 3.05) is 24.5 Å². The lowest BCUT2D eigenvalue weighted by molar-refractivity contribution is -0.0965. The molecule has 1 saturated heterocycles. The van der Waals surface area contributed by atoms with Gasteiger partial charge in [0.2, 0.25) is 0 Å². The number of rotatable bonds is 7. The Morgan fingerprint density at radius 2 is 1.85 bits per heavy atom. The third-order valence-electron chi connectivity index (χ3n) is 7.25. The SMILES string of the molecule is O=S(=O)(N1Cc2ccccc2N(Cc2cnc[nH]2)[C@H](CCC2CCCC2)C1)N1CC(F)(F)C1. The van der Waals surface area contributed by atoms with Gasteiger partial charge in [0.1, 0.15) is 0 Å². The molecule has 2 fully saturated rings. The van der Waals surface area contributed by atoms with Crippen LogP contribution in [0.15, 0.2) is 36.8 Å². The van der Waals surface area contributed by atoms with Crippen molar-refractivity contribution in [3.63, 3.8) is 0 Å². The van der Waals surface area contributed by atoms with E-state index in [9.17, 15) is 17.2 Å². The zero-order chi connectivity index (χ0) is 23.1. The second-order valence-electron chi connectivity index (χ2n) is 9.64. The predicted molar refractivity (Wildman–Crippen MR) is 122 cm³/mol. The van der Waals surface area contributed by atoms with Gasteiger partial charge in [-0.2, -0.15) is 17.0 Å². The van der Waals surface area contributed by atoms with Crippen LogP contribution in [0.1, 0.15) is 49.8 Å². The molecule has 1 aromatic carbocycles. The number of hydrogen-bond acceptors (Lipinski definition) is 4. The summed E-state index contributed by atoms with van der Waals surface area (Å²) in [4.78, 5) is 9.58. The first kappa shape index (κ1) is 22.7. The molecular weight excluding hydrogens is 448 g/mol. The Labute approximate surface area is 194 Å². The van der Waals surface area contributed by atoms with Gasteiger partial charge < -0.3 is 9.88 Å². The molecule has 7 nitrogen and oxygen atoms in total. The highest BCUT2D eigenvalue weighted by atomic mass is 32.2. The van der Waals surface area contributed by atoms with E-state index in [1.807, 2.05) is 24.3 Å². The number of aromatic amines is 1. The zero-order valence-electron chi connectivity index (χ0n) is 18.7. The van der Waals surface area contributed by atoms with Gasteiger partial charge in [-0.3, -0.25) is 0 Å². The van der Waals surface area contributed by atoms with Crippen molar-refractivity contribution in [2.45, 2.75) is 63.6 Å². The first-order chi connectivity index (χ1) is 15.8. The Kier molecular flexibility index (Phi) is 6.17. The highest BCUT2D eigenvalue weighted by molar-refractivity contribution is 7.86. The molecule has 0 unspecified atom stereocenters. The lowest BCUT2D eigenvalue weighted by Gasteiger charge is -2.41. The van der Waals surface area contributed by atoms with Gasteiger partial charge in [0, 0.05) is 31.0 Å². The number of hydrogen-bond donors (Lipinski definition) is 1. The summed E-state index contributed by atoms with van der Waals surface area (Å²) in [7, 11) is -3.98. The lowest BCUT2D eigenvalue weighted by Crippen LogP contribution is -2.62. The number of H-pyrrole nitrogens is 1. The summed E-state index contributed by atoms with van der Waals surface area (Å²) in [6.07, 6.45) is 10.3. The molecule has 1 N–H and O–H groups in total. The molecule has 33 heavy (non-hydrogen) atoms. The van der Waals surface area contributed by atoms with E-state index in [-0.39, 0.29) is 19.1 Å². The molecule has 10 heteroatoms. The van der Waals surface area contributed by atoms with E-state index in [1.165, 1.54) is 30.0 Å². The number of imidazole rings is 1. The van der Waals surface area contributed by atoms with E-state index in [0.717, 1.165) is 34.1 Å². The van der Waals surface area contributed by atoms with Gasteiger partial charge in [-0.25, -0.2) is 13.8 Å². The lowest BCUT2D eigenvalue weighted by atomic mass is 9.97. The van der Waals surface area contributed by atoms with Crippen molar-refractivity contribution in [1.82, 2.24) is 18.6 Å². The Balaban J connectivity index is 1.46. The number of aromatic nitrogens is 2. The van der Waals surface area contributed by atoms with Gasteiger partial charge in [0.25, 0.3) is 16.1 Å². The minimum atomic E-state index is -3.98. The maximum Gasteiger partial charge on any atom is 0.282 e. The highest BCUT2D eigenvalue weighted by Gasteiger charge is 2.51. The zero-order valence-corrected chi connectivity index (χ0v) is 19.5. The van der Waals surface area contributed by atoms with Crippen LogP contribution in [-0.2, 0) is 23.3 Å². The van der Waals surface area contributed by atoms with E-state index in [2.05, 4.69) is 14.9 Å². The normalized spacial score (nSPS) is 24.4. The van der Waals surface area contributed by atoms with Gasteiger partial charge in [0.05, 0.1) is 31.7 Å². The molecule has 0 spiro atoms. The number of nitrogens with one attached hydrogen (secondary N) is 1. The summed E-state index contributed by atoms with van der Waals surface area (Å²) in [6.45, 7) is -0.432. The van der Waals surface area contributed by atoms with Crippen LogP contribution in [-0.4, -0.2) is 58.6 Å². The van der Waals surface area contributed by atoms with E-state index in [4.69, 9.17) is 0 Å². The maximum absolute atomic E-state index is 13.5. The van der Waals surface area contributed by atoms with Crippen molar-refractivity contribution in [1.29, 1.82) is 0 Å². The van der Waals surface area contributed by atoms with E-state index < -0.39 is 29.2 Å². The first-order valence-corrected chi connectivity index (χ1v) is 13.2. The van der Waals surface area contributed by atoms with Crippen molar-refractivity contribution in [3.05, 3.63) is 48.0 Å². The second kappa shape index (κ2) is 8.96. The van der Waals surface area contributed by atoms with Gasteiger partial charge >= 0.3 is 0 Å². The standard InChI is InChI=1S/C23H31F2N5O2S/c24-23(25)15-29(16-23)33(31,32)28-12-19-7-3-4-8-22(19)30(13-20-11-26-17-27-20)21(14-28)10-9-18-5-1-2-6-18/h3-4,7-8,11,17-18,21H,1-2,5-6,9-10,12-16H2,(H,26,27)/t21-/m1/s1. The second-order valence-corrected chi connectivity index (χ2v) is 11.6. The van der Waals surface area contributed by atoms with Crippen LogP contribution in [0.5, 0.6) is 0 Å². The van der Waals surface area contributed by atoms with Gasteiger partial charge in [-0.15, -0.1) is 0 Å². The van der Waals surface area contributed by atoms with Crippen LogP contribution in [0.2, 0.25) is 0 Å². The van der Waals surface area contributed by atoms with Crippen molar-refractivity contribution in [2.24, 2.45) is 5.92 Å². The molecule has 1 atom stereocenters. The third-order valence-corrected chi connectivity index (χ3v) is 9.09. The molecule has 2 aromatic rings. The molecule has 5 rings (SSSR count). The van der Waals surface area contributed by atoms with Crippen LogP contribution in [0.25, 0.3) is 0 Å². The summed E-state index contributed by atoms with van der Waals surface area (Å²) in [5, 5.41) is 0. The Morgan fingerprint density at radius 1 is 1.09 bits per heavy atom. The predicted octanol–water partition coefficient (Wildman–Crippen LogP) is 3.77. The molecule has 0 radical (unpaired) electrons. The largest absolute Gasteiger partial charge is 0.361 e. The topological polar surface area (TPSA) is 72.5 Å². The fourth-order valence-electron chi connectivity index (χ4n) is 5.42. The summed E-state index contributed by atoms with van der Waals surface area (Å²) in [5.41, 5.74) is 2.83. The Bertz CT molecular complexity index is 1050. The molecule has 180 valence electrons. The highest BCUT2D eigenvalue weighted by Crippen LogP contribution is 2.37. The molecule has 3 heterocycles. The Hall–Kier alpha value is -2.04. The molecule has 0 bridgehead atoms. The van der Waals surface area contributed by atoms with E-state index in [1.54, 1.807) is 12.5 Å². The van der Waals surface area contributed by atoms with Crippen molar-refractivity contribution in [3.8, 4) is 0 Å². The number of fused-ring (bicyclic) bond motifs is 1. The van der Waals surface area contributed by atoms with Gasteiger partial charge in [-0.1, -0.05) is 43.9 Å². The summed E-state index contributed by atoms with van der Waals surface area (Å²) in [6, 6.07) is 7.76. The number of halogens is 2. The number of para-hydroxylation sites is 1. The van der Waals surface area contributed by atoms with Crippen LogP contribution < -0.4 is 4.90 Å². The number of benzene rings is 1. The molecule has 3 aliphatic rings. The summed E-state index contributed by atoms with van der Waals surface area (Å²) < 4.78 is 56.0. The van der Waals surface area contributed by atoms with Gasteiger partial charge in [0.15, 0.2) is 0 Å². The molecule has 1 saturated carbocycles. The quantitative estimate of drug-likeness (QED) is 0.656. The third kappa shape index (κ3) is 4.79. The fraction of sp³-hybridized carbons (Fsp3) is 0.609. The van der Waals surface area contributed by atoms with Crippen LogP contribution >= 0.6 is 0 Å².